The van der Waals surface area contributed by atoms with Crippen molar-refractivity contribution in [2.24, 2.45) is 0 Å². The van der Waals surface area contributed by atoms with Gasteiger partial charge >= 0.3 is 0 Å². The van der Waals surface area contributed by atoms with E-state index in [2.05, 4.69) is 5.32 Å². The Labute approximate surface area is 229 Å². The Morgan fingerprint density at radius 3 is 2.38 bits per heavy atom. The maximum absolute atomic E-state index is 13.7. The molecule has 7 heteroatoms. The normalized spacial score (nSPS) is 12.4. The number of amides is 2. The summed E-state index contributed by atoms with van der Waals surface area (Å²) in [5.74, 6) is 1.38. The average molecular weight is 539 g/mol. The molecule has 0 aliphatic carbocycles. The first-order valence-corrected chi connectivity index (χ1v) is 14.0. The summed E-state index contributed by atoms with van der Waals surface area (Å²) in [4.78, 5) is 29.0. The van der Waals surface area contributed by atoms with Crippen molar-refractivity contribution in [1.82, 2.24) is 10.2 Å². The van der Waals surface area contributed by atoms with E-state index in [1.54, 1.807) is 12.0 Å². The lowest BCUT2D eigenvalue weighted by Gasteiger charge is -2.32. The number of rotatable bonds is 13. The van der Waals surface area contributed by atoms with E-state index < -0.39 is 6.04 Å². The number of nitrogens with zero attached hydrogens (tertiary/aromatic N) is 1. The summed E-state index contributed by atoms with van der Waals surface area (Å²) >= 11 is 7.64. The Kier molecular flexibility index (Phi) is 11.4. The molecule has 0 fully saturated rings. The first-order valence-electron chi connectivity index (χ1n) is 12.5. The maximum Gasteiger partial charge on any atom is 0.243 e. The molecule has 3 aromatic carbocycles. The first-order chi connectivity index (χ1) is 17.9. The van der Waals surface area contributed by atoms with Gasteiger partial charge in [-0.3, -0.25) is 9.59 Å². The molecule has 1 N–H and O–H groups in total. The fourth-order valence-electron chi connectivity index (χ4n) is 3.93. The fraction of sp³-hybridized carbons (Fsp3) is 0.333. The predicted molar refractivity (Wildman–Crippen MR) is 153 cm³/mol. The summed E-state index contributed by atoms with van der Waals surface area (Å²) in [6.07, 6.45) is 1.24. The largest absolute Gasteiger partial charge is 0.497 e. The summed E-state index contributed by atoms with van der Waals surface area (Å²) < 4.78 is 5.39. The molecule has 0 spiro atoms. The summed E-state index contributed by atoms with van der Waals surface area (Å²) in [6, 6.07) is 24.5. The van der Waals surface area contributed by atoms with E-state index in [0.29, 0.717) is 29.5 Å². The van der Waals surface area contributed by atoms with Gasteiger partial charge in [0.2, 0.25) is 11.8 Å². The third-order valence-corrected chi connectivity index (χ3v) is 7.37. The number of hydrogen-bond acceptors (Lipinski definition) is 4. The minimum Gasteiger partial charge on any atom is -0.497 e. The zero-order chi connectivity index (χ0) is 26.6. The summed E-state index contributed by atoms with van der Waals surface area (Å²) in [6.45, 7) is 4.31. The lowest BCUT2D eigenvalue weighted by Crippen LogP contribution is -2.52. The quantitative estimate of drug-likeness (QED) is 0.284. The van der Waals surface area contributed by atoms with E-state index in [4.69, 9.17) is 16.3 Å². The van der Waals surface area contributed by atoms with Crippen molar-refractivity contribution >= 4 is 35.2 Å². The van der Waals surface area contributed by atoms with Crippen molar-refractivity contribution in [3.05, 3.63) is 101 Å². The van der Waals surface area contributed by atoms with E-state index in [1.807, 2.05) is 92.7 Å². The highest BCUT2D eigenvalue weighted by molar-refractivity contribution is 7.99. The van der Waals surface area contributed by atoms with Crippen molar-refractivity contribution in [3.63, 3.8) is 0 Å². The minimum atomic E-state index is -0.651. The second-order valence-corrected chi connectivity index (χ2v) is 10.4. The lowest BCUT2D eigenvalue weighted by molar-refractivity contribution is -0.139. The number of benzene rings is 3. The topological polar surface area (TPSA) is 58.6 Å². The second-order valence-electron chi connectivity index (χ2n) is 9.02. The molecule has 0 bridgehead atoms. The molecule has 3 rings (SSSR count). The Morgan fingerprint density at radius 1 is 0.973 bits per heavy atom. The van der Waals surface area contributed by atoms with Crippen LogP contribution in [0.5, 0.6) is 5.75 Å². The van der Waals surface area contributed by atoms with Crippen LogP contribution in [0, 0.1) is 0 Å². The molecule has 0 heterocycles. The van der Waals surface area contributed by atoms with Gasteiger partial charge in [-0.25, -0.2) is 0 Å². The molecular formula is C30H35ClN2O3S. The number of carbonyl (C=O) groups excluding carboxylic acids is 2. The van der Waals surface area contributed by atoms with Crippen LogP contribution in [0.1, 0.15) is 37.0 Å². The molecule has 3 aromatic rings. The van der Waals surface area contributed by atoms with Crippen molar-refractivity contribution < 1.29 is 14.3 Å². The first kappa shape index (κ1) is 28.6. The maximum atomic E-state index is 13.7. The monoisotopic (exact) mass is 538 g/mol. The molecule has 5 nitrogen and oxygen atoms in total. The van der Waals surface area contributed by atoms with Crippen LogP contribution in [-0.4, -0.2) is 41.7 Å². The molecule has 196 valence electrons. The van der Waals surface area contributed by atoms with Crippen LogP contribution in [-0.2, 0) is 28.3 Å². The van der Waals surface area contributed by atoms with Gasteiger partial charge in [0.05, 0.1) is 12.9 Å². The molecule has 37 heavy (non-hydrogen) atoms. The summed E-state index contributed by atoms with van der Waals surface area (Å²) in [5, 5.41) is 3.78. The number of carbonyl (C=O) groups is 2. The van der Waals surface area contributed by atoms with Gasteiger partial charge in [-0.15, -0.1) is 11.8 Å². The van der Waals surface area contributed by atoms with Gasteiger partial charge in [-0.2, -0.15) is 0 Å². The molecule has 2 amide bonds. The number of thioether (sulfide) groups is 1. The number of hydrogen-bond donors (Lipinski definition) is 1. The highest BCUT2D eigenvalue weighted by Crippen LogP contribution is 2.21. The van der Waals surface area contributed by atoms with Gasteiger partial charge in [0.1, 0.15) is 11.8 Å². The third kappa shape index (κ3) is 9.13. The Balaban J connectivity index is 1.87. The highest BCUT2D eigenvalue weighted by Gasteiger charge is 2.31. The molecule has 0 radical (unpaired) electrons. The Hall–Kier alpha value is -2.96. The van der Waals surface area contributed by atoms with Crippen LogP contribution < -0.4 is 10.1 Å². The lowest BCUT2D eigenvalue weighted by atomic mass is 10.0. The van der Waals surface area contributed by atoms with Gasteiger partial charge in [-0.05, 0) is 54.3 Å². The van der Waals surface area contributed by atoms with Crippen molar-refractivity contribution in [3.8, 4) is 5.75 Å². The standard InChI is InChI=1S/C30H35ClN2O3S/c1-4-22(2)32-30(35)28(18-23-10-6-5-7-11-23)33(19-24-12-9-15-27(17-24)36-3)29(34)21-37-20-25-13-8-14-26(31)16-25/h5-17,22,28H,4,18-21H2,1-3H3,(H,32,35). The SMILES string of the molecule is CCC(C)NC(=O)C(Cc1ccccc1)N(Cc1cccc(OC)c1)C(=O)CSCc1cccc(Cl)c1. The van der Waals surface area contributed by atoms with Gasteiger partial charge in [0, 0.05) is 29.8 Å². The third-order valence-electron chi connectivity index (χ3n) is 6.14. The minimum absolute atomic E-state index is 0.0109. The highest BCUT2D eigenvalue weighted by atomic mass is 35.5. The van der Waals surface area contributed by atoms with Crippen LogP contribution in [0.2, 0.25) is 5.02 Å². The number of halogens is 1. The molecule has 2 unspecified atom stereocenters. The zero-order valence-electron chi connectivity index (χ0n) is 21.7. The second kappa shape index (κ2) is 14.7. The van der Waals surface area contributed by atoms with E-state index in [0.717, 1.165) is 23.1 Å². The van der Waals surface area contributed by atoms with Crippen LogP contribution in [0.4, 0.5) is 0 Å². The predicted octanol–water partition coefficient (Wildman–Crippen LogP) is 6.14. The molecule has 0 aromatic heterocycles. The zero-order valence-corrected chi connectivity index (χ0v) is 23.2. The molecule has 0 saturated heterocycles. The average Bonchev–Trinajstić information content (AvgIpc) is 2.91. The molecule has 0 aliphatic rings. The van der Waals surface area contributed by atoms with Crippen LogP contribution in [0.3, 0.4) is 0 Å². The van der Waals surface area contributed by atoms with Crippen LogP contribution in [0.25, 0.3) is 0 Å². The number of nitrogens with one attached hydrogen (secondary N) is 1. The van der Waals surface area contributed by atoms with E-state index in [-0.39, 0.29) is 23.6 Å². The molecular weight excluding hydrogens is 504 g/mol. The fourth-order valence-corrected chi connectivity index (χ4v) is 5.00. The summed E-state index contributed by atoms with van der Waals surface area (Å²) in [7, 11) is 1.62. The smallest absolute Gasteiger partial charge is 0.243 e. The van der Waals surface area contributed by atoms with Crippen molar-refractivity contribution in [2.45, 2.75) is 51.1 Å². The van der Waals surface area contributed by atoms with Gasteiger partial charge in [0.15, 0.2) is 0 Å². The van der Waals surface area contributed by atoms with Crippen LogP contribution >= 0.6 is 23.4 Å². The molecule has 0 saturated carbocycles. The van der Waals surface area contributed by atoms with Gasteiger partial charge in [0.25, 0.3) is 0 Å². The Bertz CT molecular complexity index is 1160. The Morgan fingerprint density at radius 2 is 1.68 bits per heavy atom. The number of methoxy groups -OCH3 is 1. The van der Waals surface area contributed by atoms with E-state index in [1.165, 1.54) is 11.8 Å². The molecule has 2 atom stereocenters. The van der Waals surface area contributed by atoms with Crippen LogP contribution in [0.15, 0.2) is 78.9 Å². The summed E-state index contributed by atoms with van der Waals surface area (Å²) in [5.41, 5.74) is 2.96. The van der Waals surface area contributed by atoms with Crippen molar-refractivity contribution in [1.29, 1.82) is 0 Å². The van der Waals surface area contributed by atoms with E-state index in [9.17, 15) is 9.59 Å². The molecule has 0 aliphatic heterocycles. The van der Waals surface area contributed by atoms with Gasteiger partial charge < -0.3 is 15.0 Å². The van der Waals surface area contributed by atoms with Gasteiger partial charge in [-0.1, -0.05) is 73.1 Å². The number of ether oxygens (including phenoxy) is 1. The van der Waals surface area contributed by atoms with E-state index >= 15 is 0 Å². The van der Waals surface area contributed by atoms with Crippen molar-refractivity contribution in [2.75, 3.05) is 12.9 Å².